The highest BCUT2D eigenvalue weighted by molar-refractivity contribution is 6.17. The maximum Gasteiger partial charge on any atom is 0.337 e. The van der Waals surface area contributed by atoms with Crippen LogP contribution >= 0.6 is 0 Å². The number of nitrogen functional groups attached to an aromatic ring is 2. The van der Waals surface area contributed by atoms with Crippen LogP contribution in [0.1, 0.15) is 63.7 Å². The number of carbonyl (C=O) groups excluding carboxylic acids is 2. The highest BCUT2D eigenvalue weighted by atomic mass is 16.6. The molecule has 352 valence electrons. The average molecular weight is 931 g/mol. The number of aromatic carboxylic acids is 2. The van der Waals surface area contributed by atoms with Crippen molar-refractivity contribution in [1.29, 1.82) is 0 Å². The molecule has 0 fully saturated rings. The van der Waals surface area contributed by atoms with Crippen molar-refractivity contribution >= 4 is 45.9 Å². The quantitative estimate of drug-likeness (QED) is 0.0285. The van der Waals surface area contributed by atoms with E-state index in [-0.39, 0.29) is 45.2 Å². The Morgan fingerprint density at radius 3 is 1.20 bits per heavy atom. The standard InChI is InChI=1S/C54H50N4O11/c1-33-47(51(59)37-13-19-43(55)41(31-37)53(61)62)45-7-3-5-21-57(45)49(33)35-9-15-39(16-10-35)68-29-27-66-25-23-65-24-26-67-28-30-69-40-17-11-36(12-18-40)50-34(2)48(46-8-4-6-22-58(46)50)52(60)38-14-20-44(56)42(32-38)54(63)64/h3-22,31-32H,23-30,55-56H2,1-2H3,(H,61,62)(H,63,64). The van der Waals surface area contributed by atoms with Gasteiger partial charge in [0.15, 0.2) is 11.6 Å². The van der Waals surface area contributed by atoms with E-state index in [2.05, 4.69) is 0 Å². The Morgan fingerprint density at radius 2 is 0.841 bits per heavy atom. The van der Waals surface area contributed by atoms with Crippen molar-refractivity contribution in [3.05, 3.63) is 178 Å². The molecule has 8 aromatic rings. The number of nitrogens with two attached hydrogens (primary N) is 2. The van der Waals surface area contributed by atoms with Crippen LogP contribution in [0.15, 0.2) is 134 Å². The summed E-state index contributed by atoms with van der Waals surface area (Å²) in [6.45, 7) is 6.76. The number of ether oxygens (including phenoxy) is 5. The third-order valence-corrected chi connectivity index (χ3v) is 11.7. The molecule has 0 aliphatic carbocycles. The van der Waals surface area contributed by atoms with Crippen molar-refractivity contribution in [3.63, 3.8) is 0 Å². The summed E-state index contributed by atoms with van der Waals surface area (Å²) in [4.78, 5) is 51.0. The van der Waals surface area contributed by atoms with E-state index in [1.165, 1.54) is 24.3 Å². The molecular formula is C54H50N4O11. The number of fused-ring (bicyclic) bond motifs is 2. The lowest BCUT2D eigenvalue weighted by Gasteiger charge is -2.10. The molecule has 0 aliphatic heterocycles. The molecule has 69 heavy (non-hydrogen) atoms. The monoisotopic (exact) mass is 930 g/mol. The first kappa shape index (κ1) is 47.3. The first-order valence-electron chi connectivity index (χ1n) is 22.2. The van der Waals surface area contributed by atoms with Gasteiger partial charge >= 0.3 is 11.9 Å². The van der Waals surface area contributed by atoms with Gasteiger partial charge in [0.2, 0.25) is 0 Å². The fourth-order valence-electron chi connectivity index (χ4n) is 8.40. The smallest absolute Gasteiger partial charge is 0.337 e. The SMILES string of the molecule is Cc1c(C(=O)c2ccc(N)c(C(=O)O)c2)c2ccccn2c1-c1ccc(OCCOCCOCCOCCOc2ccc(-c3c(C)c(C(=O)c4ccc(N)c(C(=O)O)c4)c4ccccn34)cc2)cc1. The Kier molecular flexibility index (Phi) is 14.5. The van der Waals surface area contributed by atoms with Crippen molar-refractivity contribution in [1.82, 2.24) is 8.80 Å². The number of hydrogen-bond donors (Lipinski definition) is 4. The molecule has 0 saturated carbocycles. The number of ketones is 2. The van der Waals surface area contributed by atoms with E-state index in [1.54, 1.807) is 12.1 Å². The third-order valence-electron chi connectivity index (χ3n) is 11.7. The molecule has 8 rings (SSSR count). The van der Waals surface area contributed by atoms with E-state index in [0.29, 0.717) is 86.5 Å². The number of benzene rings is 4. The summed E-state index contributed by atoms with van der Waals surface area (Å²) in [7, 11) is 0. The number of aromatic nitrogens is 2. The van der Waals surface area contributed by atoms with Crippen LogP contribution in [0.5, 0.6) is 11.5 Å². The molecule has 4 aromatic heterocycles. The molecule has 0 amide bonds. The zero-order valence-corrected chi connectivity index (χ0v) is 38.0. The van der Waals surface area contributed by atoms with E-state index in [0.717, 1.165) is 33.6 Å². The van der Waals surface area contributed by atoms with Gasteiger partial charge in [-0.25, -0.2) is 9.59 Å². The largest absolute Gasteiger partial charge is 0.491 e. The second kappa shape index (κ2) is 21.2. The van der Waals surface area contributed by atoms with E-state index in [1.807, 2.05) is 120 Å². The van der Waals surface area contributed by atoms with Crippen LogP contribution in [0.4, 0.5) is 11.4 Å². The Labute approximate surface area is 397 Å². The van der Waals surface area contributed by atoms with E-state index >= 15 is 0 Å². The predicted molar refractivity (Wildman–Crippen MR) is 261 cm³/mol. The molecule has 0 radical (unpaired) electrons. The number of anilines is 2. The van der Waals surface area contributed by atoms with Gasteiger partial charge < -0.3 is 54.2 Å². The molecule has 0 saturated heterocycles. The molecule has 0 unspecified atom stereocenters. The van der Waals surface area contributed by atoms with Crippen LogP contribution in [0.2, 0.25) is 0 Å². The zero-order chi connectivity index (χ0) is 48.6. The van der Waals surface area contributed by atoms with Crippen molar-refractivity contribution in [2.45, 2.75) is 13.8 Å². The van der Waals surface area contributed by atoms with Crippen LogP contribution < -0.4 is 20.9 Å². The second-order valence-corrected chi connectivity index (χ2v) is 16.1. The van der Waals surface area contributed by atoms with E-state index in [9.17, 15) is 29.4 Å². The van der Waals surface area contributed by atoms with Gasteiger partial charge in [0.1, 0.15) is 24.7 Å². The minimum Gasteiger partial charge on any atom is -0.491 e. The molecule has 15 heteroatoms. The van der Waals surface area contributed by atoms with Crippen LogP contribution in [0.3, 0.4) is 0 Å². The van der Waals surface area contributed by atoms with Gasteiger partial charge in [0, 0.05) is 34.9 Å². The molecule has 4 aromatic carbocycles. The Morgan fingerprint density at radius 1 is 0.478 bits per heavy atom. The maximum absolute atomic E-state index is 13.8. The van der Waals surface area contributed by atoms with Crippen LogP contribution in [0, 0.1) is 13.8 Å². The summed E-state index contributed by atoms with van der Waals surface area (Å²) >= 11 is 0. The van der Waals surface area contributed by atoms with Gasteiger partial charge in [-0.05, 0) is 145 Å². The molecule has 0 aliphatic rings. The highest BCUT2D eigenvalue weighted by Crippen LogP contribution is 2.36. The molecular weight excluding hydrogens is 881 g/mol. The number of hydrogen-bond acceptors (Lipinski definition) is 11. The van der Waals surface area contributed by atoms with E-state index in [4.69, 9.17) is 35.2 Å². The number of rotatable bonds is 22. The number of nitrogens with zero attached hydrogens (tertiary/aromatic N) is 2. The summed E-state index contributed by atoms with van der Waals surface area (Å²) in [6, 6.07) is 35.0. The Balaban J connectivity index is 0.734. The van der Waals surface area contributed by atoms with Crippen LogP contribution in [0.25, 0.3) is 33.5 Å². The van der Waals surface area contributed by atoms with E-state index < -0.39 is 11.9 Å². The van der Waals surface area contributed by atoms with Crippen LogP contribution in [-0.4, -0.2) is 95.4 Å². The van der Waals surface area contributed by atoms with Gasteiger partial charge in [-0.2, -0.15) is 0 Å². The zero-order valence-electron chi connectivity index (χ0n) is 38.0. The molecule has 6 N–H and O–H groups in total. The van der Waals surface area contributed by atoms with Gasteiger partial charge in [0.05, 0.1) is 84.3 Å². The minimum absolute atomic E-state index is 0.0911. The average Bonchev–Trinajstić information content (AvgIpc) is 3.82. The predicted octanol–water partition coefficient (Wildman–Crippen LogP) is 8.67. The summed E-state index contributed by atoms with van der Waals surface area (Å²) in [6.07, 6.45) is 3.78. The van der Waals surface area contributed by atoms with Gasteiger partial charge in [0.25, 0.3) is 0 Å². The summed E-state index contributed by atoms with van der Waals surface area (Å²) < 4.78 is 32.7. The second-order valence-electron chi connectivity index (χ2n) is 16.1. The van der Waals surface area contributed by atoms with Crippen molar-refractivity contribution in [2.24, 2.45) is 0 Å². The van der Waals surface area contributed by atoms with Crippen molar-refractivity contribution in [2.75, 3.05) is 64.3 Å². The van der Waals surface area contributed by atoms with Gasteiger partial charge in [-0.3, -0.25) is 9.59 Å². The van der Waals surface area contributed by atoms with Gasteiger partial charge in [-0.1, -0.05) is 12.1 Å². The third kappa shape index (κ3) is 10.2. The first-order valence-corrected chi connectivity index (χ1v) is 22.2. The van der Waals surface area contributed by atoms with Crippen molar-refractivity contribution in [3.8, 4) is 34.0 Å². The number of pyridine rings is 2. The number of carboxylic acid groups (broad SMARTS) is 2. The summed E-state index contributed by atoms with van der Waals surface area (Å²) in [5.41, 5.74) is 19.4. The summed E-state index contributed by atoms with van der Waals surface area (Å²) in [5.74, 6) is -1.66. The van der Waals surface area contributed by atoms with Crippen molar-refractivity contribution < 1.29 is 53.1 Å². The highest BCUT2D eigenvalue weighted by Gasteiger charge is 2.26. The Bertz CT molecular complexity index is 2980. The normalized spacial score (nSPS) is 11.3. The molecule has 0 atom stereocenters. The minimum atomic E-state index is -1.20. The first-order chi connectivity index (χ1) is 33.4. The molecule has 4 heterocycles. The maximum atomic E-state index is 13.8. The molecule has 15 nitrogen and oxygen atoms in total. The lowest BCUT2D eigenvalue weighted by molar-refractivity contribution is 0.00499. The molecule has 0 bridgehead atoms. The lowest BCUT2D eigenvalue weighted by Crippen LogP contribution is -2.14. The topological polar surface area (TPSA) is 216 Å². The summed E-state index contributed by atoms with van der Waals surface area (Å²) in [5, 5.41) is 19.1. The lowest BCUT2D eigenvalue weighted by atomic mass is 9.97. The Hall–Kier alpha value is -8.24. The van der Waals surface area contributed by atoms with Gasteiger partial charge in [-0.15, -0.1) is 0 Å². The van der Waals surface area contributed by atoms with Crippen LogP contribution in [-0.2, 0) is 14.2 Å². The fourth-order valence-corrected chi connectivity index (χ4v) is 8.40. The number of carbonyl (C=O) groups is 4. The number of carboxylic acids is 2. The fraction of sp³-hybridized carbons (Fsp3) is 0.185. The molecule has 0 spiro atoms.